The summed E-state index contributed by atoms with van der Waals surface area (Å²) in [5, 5.41) is 0. The van der Waals surface area contributed by atoms with Gasteiger partial charge >= 0.3 is 5.97 Å². The van der Waals surface area contributed by atoms with Crippen LogP contribution >= 0.6 is 0 Å². The summed E-state index contributed by atoms with van der Waals surface area (Å²) in [6.45, 7) is 6.32. The molecule has 0 radical (unpaired) electrons. The van der Waals surface area contributed by atoms with Gasteiger partial charge in [-0.25, -0.2) is 9.18 Å². The number of rotatable bonds is 5. The number of hydrogen-bond donors (Lipinski definition) is 0. The summed E-state index contributed by atoms with van der Waals surface area (Å²) >= 11 is 0. The predicted octanol–water partition coefficient (Wildman–Crippen LogP) is 6.24. The number of allylic oxidation sites excluding steroid dienone is 1. The molecule has 0 aliphatic heterocycles. The lowest BCUT2D eigenvalue weighted by atomic mass is 9.87. The Hall–Kier alpha value is -3.53. The van der Waals surface area contributed by atoms with Gasteiger partial charge in [-0.05, 0) is 65.6 Å². The van der Waals surface area contributed by atoms with Gasteiger partial charge in [0.25, 0.3) is 0 Å². The molecule has 0 spiro atoms. The second kappa shape index (κ2) is 8.87. The van der Waals surface area contributed by atoms with Crippen molar-refractivity contribution >= 4 is 17.8 Å². The van der Waals surface area contributed by atoms with E-state index < -0.39 is 5.97 Å². The van der Waals surface area contributed by atoms with Gasteiger partial charge in [-0.1, -0.05) is 51.1 Å². The molecular weight excluding hydrogens is 379 g/mol. The van der Waals surface area contributed by atoms with Crippen LogP contribution in [0.25, 0.3) is 6.08 Å². The van der Waals surface area contributed by atoms with E-state index in [0.29, 0.717) is 22.4 Å². The molecule has 3 aromatic rings. The van der Waals surface area contributed by atoms with Crippen LogP contribution in [0.5, 0.6) is 5.75 Å². The van der Waals surface area contributed by atoms with E-state index in [1.807, 2.05) is 12.1 Å². The monoisotopic (exact) mass is 402 g/mol. The topological polar surface area (TPSA) is 43.4 Å². The van der Waals surface area contributed by atoms with Crippen molar-refractivity contribution in [1.82, 2.24) is 0 Å². The van der Waals surface area contributed by atoms with Crippen molar-refractivity contribution in [3.8, 4) is 5.75 Å². The molecule has 0 aromatic heterocycles. The van der Waals surface area contributed by atoms with Crippen LogP contribution in [0, 0.1) is 5.82 Å². The van der Waals surface area contributed by atoms with E-state index in [1.54, 1.807) is 54.6 Å². The first-order chi connectivity index (χ1) is 14.2. The highest BCUT2D eigenvalue weighted by Gasteiger charge is 2.15. The predicted molar refractivity (Wildman–Crippen MR) is 116 cm³/mol. The molecule has 3 rings (SSSR count). The molecule has 0 unspecified atom stereocenters. The van der Waals surface area contributed by atoms with Gasteiger partial charge in [0.2, 0.25) is 0 Å². The SMILES string of the molecule is CC(C)(C)c1ccc(C(=O)Oc2ccc(C(=O)/C=C/c3ccccc3F)cc2)cc1. The highest BCUT2D eigenvalue weighted by molar-refractivity contribution is 6.06. The number of halogens is 1. The fraction of sp³-hybridized carbons (Fsp3) is 0.154. The number of carbonyl (C=O) groups excluding carboxylic acids is 2. The van der Waals surface area contributed by atoms with Crippen molar-refractivity contribution in [2.24, 2.45) is 0 Å². The molecule has 0 N–H and O–H groups in total. The number of ether oxygens (including phenoxy) is 1. The van der Waals surface area contributed by atoms with Gasteiger partial charge in [0.1, 0.15) is 11.6 Å². The molecule has 3 aromatic carbocycles. The smallest absolute Gasteiger partial charge is 0.343 e. The Morgan fingerprint density at radius 2 is 1.43 bits per heavy atom. The molecule has 0 amide bonds. The van der Waals surface area contributed by atoms with Crippen LogP contribution in [0.2, 0.25) is 0 Å². The van der Waals surface area contributed by atoms with E-state index in [2.05, 4.69) is 20.8 Å². The normalized spacial score (nSPS) is 11.5. The van der Waals surface area contributed by atoms with Gasteiger partial charge in [-0.15, -0.1) is 0 Å². The molecule has 152 valence electrons. The van der Waals surface area contributed by atoms with Crippen molar-refractivity contribution < 1.29 is 18.7 Å². The zero-order valence-corrected chi connectivity index (χ0v) is 17.2. The Morgan fingerprint density at radius 3 is 2.03 bits per heavy atom. The lowest BCUT2D eigenvalue weighted by Crippen LogP contribution is -2.13. The van der Waals surface area contributed by atoms with Crippen molar-refractivity contribution in [2.75, 3.05) is 0 Å². The summed E-state index contributed by atoms with van der Waals surface area (Å²) in [6.07, 6.45) is 2.75. The molecule has 3 nitrogen and oxygen atoms in total. The first-order valence-electron chi connectivity index (χ1n) is 9.64. The van der Waals surface area contributed by atoms with E-state index >= 15 is 0 Å². The maximum atomic E-state index is 13.6. The van der Waals surface area contributed by atoms with Gasteiger partial charge in [0.15, 0.2) is 5.78 Å². The number of carbonyl (C=O) groups is 2. The minimum Gasteiger partial charge on any atom is -0.423 e. The molecule has 0 saturated heterocycles. The standard InChI is InChI=1S/C26H23FO3/c1-26(2,3)21-13-8-20(9-14-21)25(29)30-22-15-10-19(11-16-22)24(28)17-12-18-6-4-5-7-23(18)27/h4-17H,1-3H3/b17-12+. The Labute approximate surface area is 175 Å². The van der Waals surface area contributed by atoms with Crippen LogP contribution < -0.4 is 4.74 Å². The summed E-state index contributed by atoms with van der Waals surface area (Å²) in [5.41, 5.74) is 2.35. The highest BCUT2D eigenvalue weighted by Crippen LogP contribution is 2.23. The Bertz CT molecular complexity index is 1070. The first kappa shape index (κ1) is 21.2. The maximum Gasteiger partial charge on any atom is 0.343 e. The molecule has 30 heavy (non-hydrogen) atoms. The van der Waals surface area contributed by atoms with Gasteiger partial charge in [0.05, 0.1) is 5.56 Å². The van der Waals surface area contributed by atoms with E-state index in [4.69, 9.17) is 4.74 Å². The summed E-state index contributed by atoms with van der Waals surface area (Å²) < 4.78 is 19.0. The van der Waals surface area contributed by atoms with Gasteiger partial charge in [-0.3, -0.25) is 4.79 Å². The lowest BCUT2D eigenvalue weighted by Gasteiger charge is -2.18. The Morgan fingerprint density at radius 1 is 0.833 bits per heavy atom. The van der Waals surface area contributed by atoms with Crippen molar-refractivity contribution in [2.45, 2.75) is 26.2 Å². The largest absolute Gasteiger partial charge is 0.423 e. The zero-order chi connectivity index (χ0) is 21.7. The summed E-state index contributed by atoms with van der Waals surface area (Å²) in [5.74, 6) is -0.781. The molecule has 0 fully saturated rings. The summed E-state index contributed by atoms with van der Waals surface area (Å²) in [4.78, 5) is 24.6. The molecular formula is C26H23FO3. The fourth-order valence-corrected chi connectivity index (χ4v) is 2.83. The van der Waals surface area contributed by atoms with Crippen molar-refractivity contribution in [3.63, 3.8) is 0 Å². The Kier molecular flexibility index (Phi) is 6.26. The summed E-state index contributed by atoms with van der Waals surface area (Å²) in [7, 11) is 0. The Balaban J connectivity index is 1.64. The second-order valence-corrected chi connectivity index (χ2v) is 7.96. The number of esters is 1. The summed E-state index contributed by atoms with van der Waals surface area (Å²) in [6, 6.07) is 19.8. The van der Waals surface area contributed by atoms with E-state index in [0.717, 1.165) is 5.56 Å². The average molecular weight is 402 g/mol. The third kappa shape index (κ3) is 5.29. The van der Waals surface area contributed by atoms with Crippen LogP contribution in [0.15, 0.2) is 78.9 Å². The number of hydrogen-bond acceptors (Lipinski definition) is 3. The minimum atomic E-state index is -0.464. The van der Waals surface area contributed by atoms with Crippen molar-refractivity contribution in [3.05, 3.63) is 107 Å². The van der Waals surface area contributed by atoms with Crippen LogP contribution in [0.3, 0.4) is 0 Å². The van der Waals surface area contributed by atoms with E-state index in [-0.39, 0.29) is 17.0 Å². The van der Waals surface area contributed by atoms with E-state index in [9.17, 15) is 14.0 Å². The molecule has 0 atom stereocenters. The number of benzene rings is 3. The van der Waals surface area contributed by atoms with Crippen LogP contribution in [0.1, 0.15) is 52.6 Å². The molecule has 0 saturated carbocycles. The fourth-order valence-electron chi connectivity index (χ4n) is 2.83. The third-order valence-electron chi connectivity index (χ3n) is 4.66. The lowest BCUT2D eigenvalue weighted by molar-refractivity contribution is 0.0734. The molecule has 0 aliphatic rings. The molecule has 0 bridgehead atoms. The average Bonchev–Trinajstić information content (AvgIpc) is 2.73. The first-order valence-corrected chi connectivity index (χ1v) is 9.64. The third-order valence-corrected chi connectivity index (χ3v) is 4.66. The highest BCUT2D eigenvalue weighted by atomic mass is 19.1. The van der Waals surface area contributed by atoms with Gasteiger partial charge < -0.3 is 4.74 Å². The van der Waals surface area contributed by atoms with Gasteiger partial charge in [-0.2, -0.15) is 0 Å². The quantitative estimate of drug-likeness (QED) is 0.220. The minimum absolute atomic E-state index is 0.00549. The molecule has 4 heteroatoms. The van der Waals surface area contributed by atoms with Crippen LogP contribution in [0.4, 0.5) is 4.39 Å². The van der Waals surface area contributed by atoms with Crippen LogP contribution in [-0.2, 0) is 5.41 Å². The van der Waals surface area contributed by atoms with Gasteiger partial charge in [0, 0.05) is 11.1 Å². The van der Waals surface area contributed by atoms with Crippen LogP contribution in [-0.4, -0.2) is 11.8 Å². The van der Waals surface area contributed by atoms with E-state index in [1.165, 1.54) is 18.2 Å². The second-order valence-electron chi connectivity index (χ2n) is 7.96. The molecule has 0 heterocycles. The molecule has 0 aliphatic carbocycles. The maximum absolute atomic E-state index is 13.6. The number of ketones is 1. The van der Waals surface area contributed by atoms with Crippen molar-refractivity contribution in [1.29, 1.82) is 0 Å². The zero-order valence-electron chi connectivity index (χ0n) is 17.2.